The fourth-order valence-electron chi connectivity index (χ4n) is 1.84. The van der Waals surface area contributed by atoms with Gasteiger partial charge in [-0.2, -0.15) is 0 Å². The molecule has 0 radical (unpaired) electrons. The van der Waals surface area contributed by atoms with E-state index in [-0.39, 0.29) is 17.3 Å². The molecule has 6 nitrogen and oxygen atoms in total. The summed E-state index contributed by atoms with van der Waals surface area (Å²) in [6.45, 7) is 5.11. The number of amides is 1. The lowest BCUT2D eigenvalue weighted by molar-refractivity contribution is -0.119. The van der Waals surface area contributed by atoms with Crippen LogP contribution in [-0.2, 0) is 14.6 Å². The second-order valence-electron chi connectivity index (χ2n) is 4.46. The van der Waals surface area contributed by atoms with Crippen LogP contribution in [0.25, 0.3) is 0 Å². The summed E-state index contributed by atoms with van der Waals surface area (Å²) >= 11 is 0. The van der Waals surface area contributed by atoms with Crippen molar-refractivity contribution in [3.8, 4) is 0 Å². The van der Waals surface area contributed by atoms with Gasteiger partial charge >= 0.3 is 0 Å². The van der Waals surface area contributed by atoms with Gasteiger partial charge in [-0.25, -0.2) is 8.42 Å². The average Bonchev–Trinajstić information content (AvgIpc) is 2.35. The van der Waals surface area contributed by atoms with Gasteiger partial charge in [0.1, 0.15) is 0 Å². The van der Waals surface area contributed by atoms with Crippen LogP contribution >= 0.6 is 0 Å². The smallest absolute Gasteiger partial charge is 0.239 e. The number of sulfone groups is 1. The first-order valence-electron chi connectivity index (χ1n) is 6.40. The minimum atomic E-state index is -3.28. The normalized spacial score (nSPS) is 11.2. The molecule has 0 aliphatic carbocycles. The Morgan fingerprint density at radius 1 is 1.35 bits per heavy atom. The molecule has 20 heavy (non-hydrogen) atoms. The third kappa shape index (κ3) is 4.12. The molecule has 0 unspecified atom stereocenters. The summed E-state index contributed by atoms with van der Waals surface area (Å²) in [5.74, 6) is -0.0964. The van der Waals surface area contributed by atoms with Gasteiger partial charge in [0.2, 0.25) is 5.91 Å². The maximum atomic E-state index is 11.6. The molecular formula is C13H21N3O3S. The standard InChI is InChI=1S/C13H21N3O3S/c1-4-15-13(17)9-16(5-2)12-7-6-10(8-11(12)14)20(3,18)19/h6-8H,4-5,9,14H2,1-3H3,(H,15,17). The van der Waals surface area contributed by atoms with E-state index in [2.05, 4.69) is 5.32 Å². The highest BCUT2D eigenvalue weighted by molar-refractivity contribution is 7.90. The quantitative estimate of drug-likeness (QED) is 0.752. The number of rotatable bonds is 6. The van der Waals surface area contributed by atoms with Gasteiger partial charge in [-0.05, 0) is 32.0 Å². The highest BCUT2D eigenvalue weighted by Crippen LogP contribution is 2.26. The number of nitrogens with zero attached hydrogens (tertiary/aromatic N) is 1. The molecule has 0 spiro atoms. The number of hydrogen-bond donors (Lipinski definition) is 2. The van der Waals surface area contributed by atoms with Gasteiger partial charge in [-0.3, -0.25) is 4.79 Å². The number of nitrogen functional groups attached to an aromatic ring is 1. The number of carbonyl (C=O) groups excluding carboxylic acids is 1. The molecule has 3 N–H and O–H groups in total. The third-order valence-electron chi connectivity index (χ3n) is 2.86. The lowest BCUT2D eigenvalue weighted by atomic mass is 10.2. The van der Waals surface area contributed by atoms with Crippen molar-refractivity contribution in [3.05, 3.63) is 18.2 Å². The van der Waals surface area contributed by atoms with E-state index in [9.17, 15) is 13.2 Å². The van der Waals surface area contributed by atoms with E-state index in [4.69, 9.17) is 5.73 Å². The first-order valence-corrected chi connectivity index (χ1v) is 8.30. The topological polar surface area (TPSA) is 92.5 Å². The van der Waals surface area contributed by atoms with Gasteiger partial charge in [0.25, 0.3) is 0 Å². The lowest BCUT2D eigenvalue weighted by Gasteiger charge is -2.24. The molecule has 0 aliphatic heterocycles. The second kappa shape index (κ2) is 6.60. The van der Waals surface area contributed by atoms with Crippen molar-refractivity contribution in [3.63, 3.8) is 0 Å². The molecular weight excluding hydrogens is 278 g/mol. The zero-order valence-electron chi connectivity index (χ0n) is 12.0. The first-order chi connectivity index (χ1) is 9.29. The predicted octanol–water partition coefficient (Wildman–Crippen LogP) is 0.635. The molecule has 0 fully saturated rings. The van der Waals surface area contributed by atoms with Crippen LogP contribution in [0, 0.1) is 0 Å². The lowest BCUT2D eigenvalue weighted by Crippen LogP contribution is -2.37. The van der Waals surface area contributed by atoms with Gasteiger partial charge < -0.3 is 16.0 Å². The summed E-state index contributed by atoms with van der Waals surface area (Å²) < 4.78 is 22.9. The Morgan fingerprint density at radius 3 is 2.45 bits per heavy atom. The zero-order chi connectivity index (χ0) is 15.3. The van der Waals surface area contributed by atoms with Gasteiger partial charge in [0, 0.05) is 19.3 Å². The van der Waals surface area contributed by atoms with Crippen molar-refractivity contribution >= 4 is 27.1 Å². The second-order valence-corrected chi connectivity index (χ2v) is 6.48. The fourth-order valence-corrected chi connectivity index (χ4v) is 2.50. The number of benzene rings is 1. The monoisotopic (exact) mass is 299 g/mol. The van der Waals surface area contributed by atoms with Crippen molar-refractivity contribution in [2.24, 2.45) is 0 Å². The van der Waals surface area contributed by atoms with Crippen molar-refractivity contribution in [2.75, 3.05) is 36.5 Å². The average molecular weight is 299 g/mol. The Hall–Kier alpha value is -1.76. The number of hydrogen-bond acceptors (Lipinski definition) is 5. The van der Waals surface area contributed by atoms with Crippen LogP contribution < -0.4 is 16.0 Å². The van der Waals surface area contributed by atoms with Crippen molar-refractivity contribution in [2.45, 2.75) is 18.7 Å². The van der Waals surface area contributed by atoms with Gasteiger partial charge in [0.15, 0.2) is 9.84 Å². The highest BCUT2D eigenvalue weighted by atomic mass is 32.2. The Balaban J connectivity index is 3.02. The molecule has 1 aromatic rings. The fraction of sp³-hybridized carbons (Fsp3) is 0.462. The molecule has 0 saturated heterocycles. The van der Waals surface area contributed by atoms with Crippen LogP contribution in [0.15, 0.2) is 23.1 Å². The van der Waals surface area contributed by atoms with Crippen LogP contribution in [0.1, 0.15) is 13.8 Å². The van der Waals surface area contributed by atoms with Gasteiger partial charge in [-0.15, -0.1) is 0 Å². The van der Waals surface area contributed by atoms with E-state index in [0.29, 0.717) is 24.5 Å². The molecule has 0 atom stereocenters. The molecule has 0 saturated carbocycles. The summed E-state index contributed by atoms with van der Waals surface area (Å²) in [6, 6.07) is 4.56. The Labute approximate surface area is 119 Å². The summed E-state index contributed by atoms with van der Waals surface area (Å²) in [5.41, 5.74) is 6.91. The number of carbonyl (C=O) groups is 1. The minimum absolute atomic E-state index is 0.0964. The summed E-state index contributed by atoms with van der Waals surface area (Å²) in [5, 5.41) is 2.72. The molecule has 1 aromatic carbocycles. The molecule has 112 valence electrons. The van der Waals surface area contributed by atoms with Crippen LogP contribution in [0.4, 0.5) is 11.4 Å². The summed E-state index contributed by atoms with van der Waals surface area (Å²) in [6.07, 6.45) is 1.13. The van der Waals surface area contributed by atoms with Crippen molar-refractivity contribution in [1.29, 1.82) is 0 Å². The molecule has 1 rings (SSSR count). The van der Waals surface area contributed by atoms with Crippen LogP contribution in [-0.4, -0.2) is 40.2 Å². The van der Waals surface area contributed by atoms with E-state index < -0.39 is 9.84 Å². The largest absolute Gasteiger partial charge is 0.397 e. The molecule has 0 aliphatic rings. The minimum Gasteiger partial charge on any atom is -0.397 e. The number of anilines is 2. The van der Waals surface area contributed by atoms with Crippen LogP contribution in [0.3, 0.4) is 0 Å². The molecule has 0 aromatic heterocycles. The van der Waals surface area contributed by atoms with Crippen LogP contribution in [0.2, 0.25) is 0 Å². The number of nitrogens with two attached hydrogens (primary N) is 1. The van der Waals surface area contributed by atoms with E-state index in [0.717, 1.165) is 6.26 Å². The van der Waals surface area contributed by atoms with Crippen molar-refractivity contribution < 1.29 is 13.2 Å². The number of nitrogens with one attached hydrogen (secondary N) is 1. The predicted molar refractivity (Wildman–Crippen MR) is 80.5 cm³/mol. The van der Waals surface area contributed by atoms with Gasteiger partial charge in [0.05, 0.1) is 22.8 Å². The zero-order valence-corrected chi connectivity index (χ0v) is 12.8. The molecule has 1 amide bonds. The van der Waals surface area contributed by atoms with Crippen molar-refractivity contribution in [1.82, 2.24) is 5.32 Å². The Bertz CT molecular complexity index is 585. The Kier molecular flexibility index (Phi) is 5.38. The van der Waals surface area contributed by atoms with Gasteiger partial charge in [-0.1, -0.05) is 0 Å². The molecule has 7 heteroatoms. The van der Waals surface area contributed by atoms with E-state index in [1.54, 1.807) is 11.0 Å². The van der Waals surface area contributed by atoms with Crippen LogP contribution in [0.5, 0.6) is 0 Å². The van der Waals surface area contributed by atoms with E-state index in [1.807, 2.05) is 13.8 Å². The first kappa shape index (κ1) is 16.3. The molecule has 0 heterocycles. The number of likely N-dealkylation sites (N-methyl/N-ethyl adjacent to an activating group) is 2. The van der Waals surface area contributed by atoms with E-state index >= 15 is 0 Å². The van der Waals surface area contributed by atoms with E-state index in [1.165, 1.54) is 12.1 Å². The third-order valence-corrected chi connectivity index (χ3v) is 3.97. The maximum absolute atomic E-state index is 11.6. The maximum Gasteiger partial charge on any atom is 0.239 e. The molecule has 0 bridgehead atoms. The summed E-state index contributed by atoms with van der Waals surface area (Å²) in [7, 11) is -3.28. The highest BCUT2D eigenvalue weighted by Gasteiger charge is 2.15. The summed E-state index contributed by atoms with van der Waals surface area (Å²) in [4.78, 5) is 13.6. The Morgan fingerprint density at radius 2 is 2.00 bits per heavy atom. The SMILES string of the molecule is CCNC(=O)CN(CC)c1ccc(S(C)(=O)=O)cc1N.